The Morgan fingerprint density at radius 3 is 2.52 bits per heavy atom. The Bertz CT molecular complexity index is 878. The zero-order valence-corrected chi connectivity index (χ0v) is 15.8. The number of likely N-dealkylation sites (tertiary alicyclic amines) is 1. The fourth-order valence-corrected chi connectivity index (χ4v) is 4.77. The van der Waals surface area contributed by atoms with Crippen LogP contribution in [-0.2, 0) is 13.6 Å². The van der Waals surface area contributed by atoms with Gasteiger partial charge in [0.15, 0.2) is 0 Å². The number of hydrogen-bond acceptors (Lipinski definition) is 6. The molecule has 4 heterocycles. The highest BCUT2D eigenvalue weighted by atomic mass is 16.1. The summed E-state index contributed by atoms with van der Waals surface area (Å²) in [6.07, 6.45) is 9.24. The second-order valence-corrected chi connectivity index (χ2v) is 8.40. The Morgan fingerprint density at radius 1 is 1.07 bits per heavy atom. The van der Waals surface area contributed by atoms with Crippen LogP contribution in [0.4, 0.5) is 5.82 Å². The predicted molar refractivity (Wildman–Crippen MR) is 103 cm³/mol. The van der Waals surface area contributed by atoms with Crippen LogP contribution in [0.5, 0.6) is 0 Å². The van der Waals surface area contributed by atoms with Gasteiger partial charge in [0.2, 0.25) is 0 Å². The standard InChI is InChI=1S/C20H26N6O/c1-24-7-14(6-21-20(24)27)8-25-9-16-11-26(12-17(16)10-25)19-5-18(22-13-23-19)15-3-2-4-15/h5-7,13,15-17H,2-4,8-12H2,1H3. The van der Waals surface area contributed by atoms with Gasteiger partial charge in [0.1, 0.15) is 12.1 Å². The van der Waals surface area contributed by atoms with Gasteiger partial charge in [-0.05, 0) is 24.7 Å². The molecule has 0 N–H and O–H groups in total. The number of anilines is 1. The number of fused-ring (bicyclic) bond motifs is 1. The zero-order chi connectivity index (χ0) is 18.4. The van der Waals surface area contributed by atoms with E-state index in [0.717, 1.165) is 44.1 Å². The molecule has 3 aliphatic rings. The van der Waals surface area contributed by atoms with E-state index < -0.39 is 0 Å². The molecule has 7 heteroatoms. The molecule has 2 unspecified atom stereocenters. The summed E-state index contributed by atoms with van der Waals surface area (Å²) in [7, 11) is 1.76. The third-order valence-corrected chi connectivity index (χ3v) is 6.49. The summed E-state index contributed by atoms with van der Waals surface area (Å²) in [4.78, 5) is 29.4. The smallest absolute Gasteiger partial charge is 0.347 e. The monoisotopic (exact) mass is 366 g/mol. The van der Waals surface area contributed by atoms with Gasteiger partial charge >= 0.3 is 5.69 Å². The summed E-state index contributed by atoms with van der Waals surface area (Å²) in [5, 5.41) is 0. The van der Waals surface area contributed by atoms with Gasteiger partial charge in [-0.3, -0.25) is 4.90 Å². The number of hydrogen-bond donors (Lipinski definition) is 0. The van der Waals surface area contributed by atoms with E-state index >= 15 is 0 Å². The van der Waals surface area contributed by atoms with E-state index in [1.54, 1.807) is 24.1 Å². The minimum atomic E-state index is -0.196. The average molecular weight is 366 g/mol. The lowest BCUT2D eigenvalue weighted by Crippen LogP contribution is -2.30. The summed E-state index contributed by atoms with van der Waals surface area (Å²) in [6.45, 7) is 5.23. The first-order valence-electron chi connectivity index (χ1n) is 9.96. The highest BCUT2D eigenvalue weighted by Crippen LogP contribution is 2.38. The third-order valence-electron chi connectivity index (χ3n) is 6.49. The van der Waals surface area contributed by atoms with Crippen molar-refractivity contribution in [3.63, 3.8) is 0 Å². The molecule has 2 aromatic heterocycles. The minimum absolute atomic E-state index is 0.196. The fraction of sp³-hybridized carbons (Fsp3) is 0.600. The Balaban J connectivity index is 1.22. The normalized spacial score (nSPS) is 25.6. The van der Waals surface area contributed by atoms with Gasteiger partial charge in [0.25, 0.3) is 0 Å². The Labute approximate surface area is 159 Å². The maximum atomic E-state index is 11.5. The lowest BCUT2D eigenvalue weighted by Gasteiger charge is -2.26. The molecule has 2 saturated heterocycles. The molecule has 2 aromatic rings. The molecule has 5 rings (SSSR count). The number of rotatable bonds is 4. The van der Waals surface area contributed by atoms with Crippen molar-refractivity contribution in [1.82, 2.24) is 24.4 Å². The maximum absolute atomic E-state index is 11.5. The molecular weight excluding hydrogens is 340 g/mol. The van der Waals surface area contributed by atoms with E-state index in [0.29, 0.717) is 17.8 Å². The summed E-state index contributed by atoms with van der Waals surface area (Å²) < 4.78 is 1.56. The first-order valence-corrected chi connectivity index (χ1v) is 9.96. The van der Waals surface area contributed by atoms with E-state index in [2.05, 4.69) is 30.8 Å². The largest absolute Gasteiger partial charge is 0.356 e. The van der Waals surface area contributed by atoms with Gasteiger partial charge in [-0.15, -0.1) is 0 Å². The molecule has 0 radical (unpaired) electrons. The van der Waals surface area contributed by atoms with Crippen molar-refractivity contribution in [2.45, 2.75) is 31.7 Å². The number of nitrogens with zero attached hydrogens (tertiary/aromatic N) is 6. The van der Waals surface area contributed by atoms with E-state index in [4.69, 9.17) is 0 Å². The summed E-state index contributed by atoms with van der Waals surface area (Å²) in [5.74, 6) is 3.13. The maximum Gasteiger partial charge on any atom is 0.347 e. The van der Waals surface area contributed by atoms with E-state index in [9.17, 15) is 4.79 Å². The van der Waals surface area contributed by atoms with Crippen LogP contribution in [0.2, 0.25) is 0 Å². The Hall–Kier alpha value is -2.28. The lowest BCUT2D eigenvalue weighted by molar-refractivity contribution is 0.307. The van der Waals surface area contributed by atoms with Crippen molar-refractivity contribution >= 4 is 5.82 Å². The van der Waals surface area contributed by atoms with Gasteiger partial charge in [0.05, 0.1) is 0 Å². The van der Waals surface area contributed by atoms with Crippen molar-refractivity contribution in [2.24, 2.45) is 18.9 Å². The number of aryl methyl sites for hydroxylation is 1. The third kappa shape index (κ3) is 3.25. The highest BCUT2D eigenvalue weighted by molar-refractivity contribution is 5.42. The summed E-state index contributed by atoms with van der Waals surface area (Å²) in [5.41, 5.74) is 2.14. The first kappa shape index (κ1) is 16.9. The molecule has 0 amide bonds. The van der Waals surface area contributed by atoms with Crippen LogP contribution in [0.25, 0.3) is 0 Å². The van der Waals surface area contributed by atoms with Crippen molar-refractivity contribution in [1.29, 1.82) is 0 Å². The second kappa shape index (κ2) is 6.71. The van der Waals surface area contributed by atoms with Crippen molar-refractivity contribution in [3.8, 4) is 0 Å². The zero-order valence-electron chi connectivity index (χ0n) is 15.8. The van der Waals surface area contributed by atoms with Crippen LogP contribution >= 0.6 is 0 Å². The molecule has 3 fully saturated rings. The van der Waals surface area contributed by atoms with E-state index in [-0.39, 0.29) is 5.69 Å². The SMILES string of the molecule is Cn1cc(CN2CC3CN(c4cc(C5CCC5)ncn4)CC3C2)cnc1=O. The van der Waals surface area contributed by atoms with Crippen LogP contribution in [0.1, 0.15) is 36.4 Å². The molecular formula is C20H26N6O. The van der Waals surface area contributed by atoms with Crippen LogP contribution in [0.15, 0.2) is 29.6 Å². The average Bonchev–Trinajstić information content (AvgIpc) is 3.15. The van der Waals surface area contributed by atoms with Gasteiger partial charge in [-0.1, -0.05) is 6.42 Å². The molecule has 1 aliphatic carbocycles. The molecule has 0 spiro atoms. The van der Waals surface area contributed by atoms with Gasteiger partial charge < -0.3 is 9.47 Å². The summed E-state index contributed by atoms with van der Waals surface area (Å²) in [6, 6.07) is 2.22. The van der Waals surface area contributed by atoms with Crippen LogP contribution in [0, 0.1) is 11.8 Å². The molecule has 7 nitrogen and oxygen atoms in total. The molecule has 2 aliphatic heterocycles. The first-order chi connectivity index (χ1) is 13.2. The predicted octanol–water partition coefficient (Wildman–Crippen LogP) is 1.41. The summed E-state index contributed by atoms with van der Waals surface area (Å²) >= 11 is 0. The topological polar surface area (TPSA) is 67.2 Å². The van der Waals surface area contributed by atoms with Crippen LogP contribution < -0.4 is 10.6 Å². The number of aromatic nitrogens is 4. The Morgan fingerprint density at radius 2 is 1.85 bits per heavy atom. The quantitative estimate of drug-likeness (QED) is 0.815. The van der Waals surface area contributed by atoms with Crippen molar-refractivity contribution < 1.29 is 0 Å². The molecule has 142 valence electrons. The molecule has 0 bridgehead atoms. The minimum Gasteiger partial charge on any atom is -0.356 e. The Kier molecular flexibility index (Phi) is 4.19. The molecule has 2 atom stereocenters. The van der Waals surface area contributed by atoms with Gasteiger partial charge in [0, 0.05) is 75.4 Å². The van der Waals surface area contributed by atoms with Crippen LogP contribution in [0.3, 0.4) is 0 Å². The van der Waals surface area contributed by atoms with Crippen LogP contribution in [-0.4, -0.2) is 50.6 Å². The fourth-order valence-electron chi connectivity index (χ4n) is 4.77. The van der Waals surface area contributed by atoms with Crippen molar-refractivity contribution in [2.75, 3.05) is 31.1 Å². The van der Waals surface area contributed by atoms with E-state index in [1.807, 2.05) is 6.20 Å². The van der Waals surface area contributed by atoms with Gasteiger partial charge in [-0.2, -0.15) is 0 Å². The van der Waals surface area contributed by atoms with Crippen molar-refractivity contribution in [3.05, 3.63) is 46.5 Å². The molecule has 1 saturated carbocycles. The lowest BCUT2D eigenvalue weighted by atomic mass is 9.83. The molecule has 27 heavy (non-hydrogen) atoms. The molecule has 0 aromatic carbocycles. The van der Waals surface area contributed by atoms with Gasteiger partial charge in [-0.25, -0.2) is 19.7 Å². The van der Waals surface area contributed by atoms with E-state index in [1.165, 1.54) is 25.0 Å². The highest BCUT2D eigenvalue weighted by Gasteiger charge is 2.40. The second-order valence-electron chi connectivity index (χ2n) is 8.40.